The molecule has 154 valence electrons. The summed E-state index contributed by atoms with van der Waals surface area (Å²) in [4.78, 5) is 29.5. The number of carbonyl (C=O) groups excluding carboxylic acids is 2. The van der Waals surface area contributed by atoms with Crippen molar-refractivity contribution in [3.8, 4) is 0 Å². The first-order valence-corrected chi connectivity index (χ1v) is 10.0. The molecule has 0 aliphatic rings. The summed E-state index contributed by atoms with van der Waals surface area (Å²) in [6, 6.07) is 20.6. The Bertz CT molecular complexity index is 955. The molecule has 0 radical (unpaired) electrons. The average molecular weight is 402 g/mol. The van der Waals surface area contributed by atoms with Gasteiger partial charge in [-0.15, -0.1) is 0 Å². The second kappa shape index (κ2) is 10.3. The topological polar surface area (TPSA) is 68.3 Å². The predicted octanol–water partition coefficient (Wildman–Crippen LogP) is 4.35. The van der Waals surface area contributed by atoms with Gasteiger partial charge in [0.2, 0.25) is 6.10 Å². The van der Waals surface area contributed by atoms with E-state index in [0.717, 1.165) is 16.7 Å². The Balaban J connectivity index is 1.74. The van der Waals surface area contributed by atoms with Crippen LogP contribution in [-0.4, -0.2) is 16.9 Å². The fraction of sp³-hybridized carbons (Fsp3) is 0.240. The number of esters is 1. The minimum atomic E-state index is -1.01. The van der Waals surface area contributed by atoms with Crippen LogP contribution in [0.15, 0.2) is 79.1 Å². The fourth-order valence-electron chi connectivity index (χ4n) is 3.05. The molecule has 0 saturated heterocycles. The molecule has 2 aromatic carbocycles. The second-order valence-electron chi connectivity index (χ2n) is 7.43. The van der Waals surface area contributed by atoms with Crippen LogP contribution >= 0.6 is 0 Å². The largest absolute Gasteiger partial charge is 0.447 e. The molecule has 0 aliphatic heterocycles. The van der Waals surface area contributed by atoms with Crippen molar-refractivity contribution in [2.24, 2.45) is 0 Å². The number of hydrogen-bond donors (Lipinski definition) is 1. The van der Waals surface area contributed by atoms with Crippen LogP contribution in [0.2, 0.25) is 0 Å². The average Bonchev–Trinajstić information content (AvgIpc) is 2.77. The Morgan fingerprint density at radius 3 is 2.20 bits per heavy atom. The molecule has 1 amide bonds. The number of rotatable bonds is 8. The van der Waals surface area contributed by atoms with Crippen molar-refractivity contribution in [1.82, 2.24) is 10.3 Å². The molecule has 1 N–H and O–H groups in total. The number of benzene rings is 2. The molecule has 0 saturated carbocycles. The minimum absolute atomic E-state index is 0.108. The van der Waals surface area contributed by atoms with Crippen molar-refractivity contribution in [2.45, 2.75) is 38.8 Å². The number of amides is 1. The number of nitrogens with one attached hydrogen (secondary N) is 1. The molecule has 0 bridgehead atoms. The summed E-state index contributed by atoms with van der Waals surface area (Å²) in [6.45, 7) is 4.52. The van der Waals surface area contributed by atoms with Gasteiger partial charge in [0, 0.05) is 24.5 Å². The first-order valence-electron chi connectivity index (χ1n) is 10.0. The third-order valence-corrected chi connectivity index (χ3v) is 4.77. The van der Waals surface area contributed by atoms with Crippen LogP contribution in [-0.2, 0) is 27.3 Å². The maximum Gasteiger partial charge on any atom is 0.311 e. The van der Waals surface area contributed by atoms with Crippen molar-refractivity contribution in [3.05, 3.63) is 101 Å². The quantitative estimate of drug-likeness (QED) is 0.569. The van der Waals surface area contributed by atoms with Crippen molar-refractivity contribution in [2.75, 3.05) is 0 Å². The molecule has 0 aliphatic carbocycles. The van der Waals surface area contributed by atoms with E-state index in [1.807, 2.05) is 66.7 Å². The molecule has 1 aromatic heterocycles. The zero-order valence-corrected chi connectivity index (χ0v) is 17.2. The number of hydrogen-bond acceptors (Lipinski definition) is 4. The Hall–Kier alpha value is -3.47. The molecular formula is C25H26N2O3. The second-order valence-corrected chi connectivity index (χ2v) is 7.43. The maximum atomic E-state index is 12.9. The van der Waals surface area contributed by atoms with E-state index in [-0.39, 0.29) is 12.3 Å². The van der Waals surface area contributed by atoms with Gasteiger partial charge < -0.3 is 10.1 Å². The van der Waals surface area contributed by atoms with E-state index in [1.165, 1.54) is 0 Å². The van der Waals surface area contributed by atoms with E-state index < -0.39 is 12.1 Å². The van der Waals surface area contributed by atoms with E-state index in [2.05, 4.69) is 24.1 Å². The smallest absolute Gasteiger partial charge is 0.311 e. The van der Waals surface area contributed by atoms with Crippen molar-refractivity contribution in [3.63, 3.8) is 0 Å². The highest BCUT2D eigenvalue weighted by Gasteiger charge is 2.25. The molecular weight excluding hydrogens is 376 g/mol. The number of pyridine rings is 1. The van der Waals surface area contributed by atoms with Crippen LogP contribution in [0.3, 0.4) is 0 Å². The lowest BCUT2D eigenvalue weighted by atomic mass is 9.99. The van der Waals surface area contributed by atoms with Gasteiger partial charge in [-0.1, -0.05) is 74.5 Å². The van der Waals surface area contributed by atoms with Gasteiger partial charge in [-0.2, -0.15) is 0 Å². The molecule has 3 aromatic rings. The monoisotopic (exact) mass is 402 g/mol. The first-order chi connectivity index (χ1) is 14.5. The Morgan fingerprint density at radius 1 is 0.900 bits per heavy atom. The van der Waals surface area contributed by atoms with E-state index in [4.69, 9.17) is 4.74 Å². The first kappa shape index (κ1) is 21.2. The van der Waals surface area contributed by atoms with Crippen molar-refractivity contribution >= 4 is 11.9 Å². The highest BCUT2D eigenvalue weighted by Crippen LogP contribution is 2.22. The number of aromatic nitrogens is 1. The minimum Gasteiger partial charge on any atom is -0.447 e. The molecule has 5 nitrogen and oxygen atoms in total. The summed E-state index contributed by atoms with van der Waals surface area (Å²) in [5, 5.41) is 2.85. The Morgan fingerprint density at radius 2 is 1.57 bits per heavy atom. The van der Waals surface area contributed by atoms with Crippen LogP contribution in [0.4, 0.5) is 0 Å². The molecule has 1 unspecified atom stereocenters. The van der Waals surface area contributed by atoms with Gasteiger partial charge in [0.15, 0.2) is 0 Å². The van der Waals surface area contributed by atoms with Gasteiger partial charge in [0.05, 0.1) is 6.42 Å². The van der Waals surface area contributed by atoms with Gasteiger partial charge in [-0.05, 0) is 28.7 Å². The van der Waals surface area contributed by atoms with Gasteiger partial charge in [-0.25, -0.2) is 0 Å². The number of ether oxygens (including phenoxy) is 1. The fourth-order valence-corrected chi connectivity index (χ4v) is 3.05. The van der Waals surface area contributed by atoms with E-state index >= 15 is 0 Å². The van der Waals surface area contributed by atoms with Crippen LogP contribution < -0.4 is 5.32 Å². The third kappa shape index (κ3) is 6.01. The standard InChI is InChI=1S/C25H26N2O3/c1-18(2)21-10-12-22(13-11-21)24(25(29)27-17-20-9-6-14-26-16-20)30-23(28)15-19-7-4-3-5-8-19/h3-14,16,18,24H,15,17H2,1-2H3,(H,27,29). The molecule has 1 atom stereocenters. The highest BCUT2D eigenvalue weighted by molar-refractivity contribution is 5.85. The zero-order chi connectivity index (χ0) is 21.3. The molecule has 30 heavy (non-hydrogen) atoms. The molecule has 5 heteroatoms. The van der Waals surface area contributed by atoms with Gasteiger partial charge in [-0.3, -0.25) is 14.6 Å². The van der Waals surface area contributed by atoms with Gasteiger partial charge in [0.25, 0.3) is 5.91 Å². The highest BCUT2D eigenvalue weighted by atomic mass is 16.5. The summed E-state index contributed by atoms with van der Waals surface area (Å²) in [6.07, 6.45) is 2.46. The van der Waals surface area contributed by atoms with E-state index in [1.54, 1.807) is 12.4 Å². The Labute approximate surface area is 177 Å². The lowest BCUT2D eigenvalue weighted by Crippen LogP contribution is -2.32. The van der Waals surface area contributed by atoms with E-state index in [0.29, 0.717) is 18.0 Å². The predicted molar refractivity (Wildman–Crippen MR) is 116 cm³/mol. The molecule has 0 fully saturated rings. The lowest BCUT2D eigenvalue weighted by molar-refractivity contribution is -0.155. The van der Waals surface area contributed by atoms with Crippen LogP contribution in [0.1, 0.15) is 48.1 Å². The summed E-state index contributed by atoms with van der Waals surface area (Å²) in [5.41, 5.74) is 3.51. The van der Waals surface area contributed by atoms with Crippen molar-refractivity contribution in [1.29, 1.82) is 0 Å². The van der Waals surface area contributed by atoms with Crippen LogP contribution in [0.5, 0.6) is 0 Å². The number of nitrogens with zero attached hydrogens (tertiary/aromatic N) is 1. The van der Waals surface area contributed by atoms with Gasteiger partial charge >= 0.3 is 5.97 Å². The summed E-state index contributed by atoms with van der Waals surface area (Å²) in [5.74, 6) is -0.439. The van der Waals surface area contributed by atoms with E-state index in [9.17, 15) is 9.59 Å². The lowest BCUT2D eigenvalue weighted by Gasteiger charge is -2.19. The zero-order valence-electron chi connectivity index (χ0n) is 17.2. The summed E-state index contributed by atoms with van der Waals surface area (Å²) < 4.78 is 5.62. The van der Waals surface area contributed by atoms with Gasteiger partial charge in [0.1, 0.15) is 0 Å². The SMILES string of the molecule is CC(C)c1ccc(C(OC(=O)Cc2ccccc2)C(=O)NCc2cccnc2)cc1. The van der Waals surface area contributed by atoms with Crippen LogP contribution in [0.25, 0.3) is 0 Å². The normalized spacial score (nSPS) is 11.7. The molecule has 3 rings (SSSR count). The Kier molecular flexibility index (Phi) is 7.33. The number of carbonyl (C=O) groups is 2. The van der Waals surface area contributed by atoms with Crippen LogP contribution in [0, 0.1) is 0 Å². The molecule has 1 heterocycles. The summed E-state index contributed by atoms with van der Waals surface area (Å²) in [7, 11) is 0. The molecule has 0 spiro atoms. The third-order valence-electron chi connectivity index (χ3n) is 4.77. The van der Waals surface area contributed by atoms with Crippen molar-refractivity contribution < 1.29 is 14.3 Å². The maximum absolute atomic E-state index is 12.9. The summed E-state index contributed by atoms with van der Waals surface area (Å²) >= 11 is 0.